The summed E-state index contributed by atoms with van der Waals surface area (Å²) in [5, 5.41) is 0. The average Bonchev–Trinajstić information content (AvgIpc) is 3.26. The van der Waals surface area contributed by atoms with Crippen LogP contribution in [-0.4, -0.2) is 29.6 Å². The molecule has 0 aromatic carbocycles. The van der Waals surface area contributed by atoms with Crippen molar-refractivity contribution in [2.45, 2.75) is 89.6 Å². The van der Waals surface area contributed by atoms with Gasteiger partial charge >= 0.3 is 0 Å². The van der Waals surface area contributed by atoms with Gasteiger partial charge in [0.2, 0.25) is 0 Å². The first-order chi connectivity index (χ1) is 9.25. The summed E-state index contributed by atoms with van der Waals surface area (Å²) in [5.41, 5.74) is 6.62. The van der Waals surface area contributed by atoms with Gasteiger partial charge in [0, 0.05) is 18.1 Å². The Morgan fingerprint density at radius 3 is 2.21 bits per heavy atom. The highest BCUT2D eigenvalue weighted by Gasteiger charge is 2.44. The van der Waals surface area contributed by atoms with Gasteiger partial charge in [-0.1, -0.05) is 33.1 Å². The molecule has 2 heteroatoms. The first-order valence-electron chi connectivity index (χ1n) is 8.72. The molecule has 0 aromatic rings. The van der Waals surface area contributed by atoms with E-state index in [0.717, 1.165) is 18.5 Å². The number of nitrogens with two attached hydrogens (primary N) is 1. The van der Waals surface area contributed by atoms with Crippen LogP contribution in [-0.2, 0) is 0 Å². The minimum atomic E-state index is 0.362. The normalized spacial score (nSPS) is 31.9. The van der Waals surface area contributed by atoms with Crippen LogP contribution in [0.4, 0.5) is 0 Å². The second kappa shape index (κ2) is 7.08. The van der Waals surface area contributed by atoms with Crippen LogP contribution in [0.5, 0.6) is 0 Å². The Morgan fingerprint density at radius 1 is 1.05 bits per heavy atom. The molecule has 0 unspecified atom stereocenters. The Bertz CT molecular complexity index is 252. The van der Waals surface area contributed by atoms with Gasteiger partial charge in [-0.2, -0.15) is 0 Å². The van der Waals surface area contributed by atoms with E-state index in [2.05, 4.69) is 18.7 Å². The zero-order valence-electron chi connectivity index (χ0n) is 13.2. The lowest BCUT2D eigenvalue weighted by Gasteiger charge is -2.48. The summed E-state index contributed by atoms with van der Waals surface area (Å²) in [5.74, 6) is 0.983. The molecule has 0 aromatic heterocycles. The molecule has 0 heterocycles. The van der Waals surface area contributed by atoms with Gasteiger partial charge in [-0.15, -0.1) is 0 Å². The first kappa shape index (κ1) is 15.3. The van der Waals surface area contributed by atoms with E-state index in [9.17, 15) is 0 Å². The molecule has 2 saturated carbocycles. The Morgan fingerprint density at radius 2 is 1.74 bits per heavy atom. The molecular weight excluding hydrogens is 232 g/mol. The highest BCUT2D eigenvalue weighted by Crippen LogP contribution is 2.42. The van der Waals surface area contributed by atoms with Crippen molar-refractivity contribution in [1.29, 1.82) is 0 Å². The molecule has 19 heavy (non-hydrogen) atoms. The van der Waals surface area contributed by atoms with E-state index in [1.165, 1.54) is 70.8 Å². The molecule has 0 radical (unpaired) electrons. The molecule has 0 atom stereocenters. The van der Waals surface area contributed by atoms with Crippen molar-refractivity contribution < 1.29 is 0 Å². The molecule has 2 aliphatic rings. The molecular formula is C17H34N2. The van der Waals surface area contributed by atoms with Gasteiger partial charge in [0.15, 0.2) is 0 Å². The van der Waals surface area contributed by atoms with Crippen molar-refractivity contribution in [3.8, 4) is 0 Å². The monoisotopic (exact) mass is 266 g/mol. The lowest BCUT2D eigenvalue weighted by Crippen LogP contribution is -2.57. The van der Waals surface area contributed by atoms with Gasteiger partial charge in [-0.3, -0.25) is 4.90 Å². The largest absolute Gasteiger partial charge is 0.329 e. The summed E-state index contributed by atoms with van der Waals surface area (Å²) in [4.78, 5) is 2.83. The van der Waals surface area contributed by atoms with Crippen LogP contribution in [0.15, 0.2) is 0 Å². The predicted molar refractivity (Wildman–Crippen MR) is 83.3 cm³/mol. The highest BCUT2D eigenvalue weighted by atomic mass is 15.3. The maximum absolute atomic E-state index is 6.25. The predicted octanol–water partition coefficient (Wildman–Crippen LogP) is 3.94. The third kappa shape index (κ3) is 3.72. The number of hydrogen-bond acceptors (Lipinski definition) is 2. The Labute approximate surface area is 120 Å². The molecule has 0 amide bonds. The van der Waals surface area contributed by atoms with E-state index >= 15 is 0 Å². The number of hydrogen-bond donors (Lipinski definition) is 1. The fourth-order valence-electron chi connectivity index (χ4n) is 4.04. The summed E-state index contributed by atoms with van der Waals surface area (Å²) in [6, 6.07) is 0.873. The lowest BCUT2D eigenvalue weighted by molar-refractivity contribution is 0.0325. The average molecular weight is 266 g/mol. The molecule has 0 aliphatic heterocycles. The van der Waals surface area contributed by atoms with Crippen molar-refractivity contribution >= 4 is 0 Å². The van der Waals surface area contributed by atoms with Crippen molar-refractivity contribution in [1.82, 2.24) is 4.90 Å². The molecule has 2 N–H and O–H groups in total. The summed E-state index contributed by atoms with van der Waals surface area (Å²) >= 11 is 0. The van der Waals surface area contributed by atoms with E-state index < -0.39 is 0 Å². The Kier molecular flexibility index (Phi) is 5.70. The number of unbranched alkanes of at least 4 members (excludes halogenated alkanes) is 1. The van der Waals surface area contributed by atoms with Crippen LogP contribution in [0, 0.1) is 5.92 Å². The quantitative estimate of drug-likeness (QED) is 0.721. The summed E-state index contributed by atoms with van der Waals surface area (Å²) in [7, 11) is 0. The second-order valence-corrected chi connectivity index (χ2v) is 6.94. The Balaban J connectivity index is 1.96. The van der Waals surface area contributed by atoms with E-state index in [1.54, 1.807) is 0 Å². The maximum Gasteiger partial charge on any atom is 0.0334 e. The topological polar surface area (TPSA) is 29.3 Å². The van der Waals surface area contributed by atoms with Crippen LogP contribution >= 0.6 is 0 Å². The van der Waals surface area contributed by atoms with Gasteiger partial charge in [0.25, 0.3) is 0 Å². The summed E-state index contributed by atoms with van der Waals surface area (Å²) in [6.45, 7) is 6.80. The van der Waals surface area contributed by atoms with E-state index in [1.807, 2.05) is 0 Å². The van der Waals surface area contributed by atoms with Crippen molar-refractivity contribution in [2.24, 2.45) is 11.7 Å². The molecule has 112 valence electrons. The number of rotatable bonds is 8. The van der Waals surface area contributed by atoms with E-state index in [4.69, 9.17) is 5.73 Å². The molecule has 2 nitrogen and oxygen atoms in total. The molecule has 0 saturated heterocycles. The van der Waals surface area contributed by atoms with Crippen LogP contribution in [0.2, 0.25) is 0 Å². The zero-order chi connectivity index (χ0) is 13.7. The van der Waals surface area contributed by atoms with Gasteiger partial charge in [-0.25, -0.2) is 0 Å². The van der Waals surface area contributed by atoms with Crippen LogP contribution in [0.3, 0.4) is 0 Å². The summed E-state index contributed by atoms with van der Waals surface area (Å²) in [6.07, 6.45) is 13.8. The Hall–Kier alpha value is -0.0800. The molecule has 2 fully saturated rings. The zero-order valence-corrected chi connectivity index (χ0v) is 13.2. The van der Waals surface area contributed by atoms with Crippen molar-refractivity contribution in [2.75, 3.05) is 13.1 Å². The van der Waals surface area contributed by atoms with E-state index in [-0.39, 0.29) is 0 Å². The molecule has 0 spiro atoms. The standard InChI is InChI=1S/C17H34N2/c1-3-5-13-19(16-7-8-16)17(14-18)11-9-15(6-4-2)10-12-17/h15-16H,3-14,18H2,1-2H3. The number of nitrogens with zero attached hydrogens (tertiary/aromatic N) is 1. The van der Waals surface area contributed by atoms with Gasteiger partial charge in [0.1, 0.15) is 0 Å². The fourth-order valence-corrected chi connectivity index (χ4v) is 4.04. The van der Waals surface area contributed by atoms with Gasteiger partial charge in [-0.05, 0) is 57.4 Å². The lowest BCUT2D eigenvalue weighted by atomic mass is 9.74. The minimum absolute atomic E-state index is 0.362. The smallest absolute Gasteiger partial charge is 0.0334 e. The highest BCUT2D eigenvalue weighted by molar-refractivity contribution is 5.01. The van der Waals surface area contributed by atoms with Crippen molar-refractivity contribution in [3.05, 3.63) is 0 Å². The minimum Gasteiger partial charge on any atom is -0.329 e. The van der Waals surface area contributed by atoms with Crippen LogP contribution < -0.4 is 5.73 Å². The second-order valence-electron chi connectivity index (χ2n) is 6.94. The van der Waals surface area contributed by atoms with Gasteiger partial charge in [0.05, 0.1) is 0 Å². The fraction of sp³-hybridized carbons (Fsp3) is 1.00. The SMILES string of the molecule is CCCCN(C1CC1)C1(CN)CCC(CCC)CC1. The maximum atomic E-state index is 6.25. The molecule has 2 aliphatic carbocycles. The van der Waals surface area contributed by atoms with Crippen LogP contribution in [0.25, 0.3) is 0 Å². The third-order valence-electron chi connectivity index (χ3n) is 5.46. The van der Waals surface area contributed by atoms with Crippen molar-refractivity contribution in [3.63, 3.8) is 0 Å². The summed E-state index contributed by atoms with van der Waals surface area (Å²) < 4.78 is 0. The van der Waals surface area contributed by atoms with Crippen LogP contribution in [0.1, 0.15) is 78.1 Å². The van der Waals surface area contributed by atoms with Gasteiger partial charge < -0.3 is 5.73 Å². The molecule has 2 rings (SSSR count). The third-order valence-corrected chi connectivity index (χ3v) is 5.46. The van der Waals surface area contributed by atoms with E-state index in [0.29, 0.717) is 5.54 Å². The molecule has 0 bridgehead atoms. The first-order valence-corrected chi connectivity index (χ1v) is 8.72.